The van der Waals surface area contributed by atoms with Gasteiger partial charge in [-0.3, -0.25) is 0 Å². The second-order valence-corrected chi connectivity index (χ2v) is 3.25. The van der Waals surface area contributed by atoms with Gasteiger partial charge in [0.2, 0.25) is 0 Å². The van der Waals surface area contributed by atoms with Gasteiger partial charge in [0.25, 0.3) is 0 Å². The van der Waals surface area contributed by atoms with E-state index in [0.717, 1.165) is 12.8 Å². The van der Waals surface area contributed by atoms with Crippen molar-refractivity contribution in [1.82, 2.24) is 0 Å². The van der Waals surface area contributed by atoms with Gasteiger partial charge in [-0.1, -0.05) is 6.08 Å². The van der Waals surface area contributed by atoms with Gasteiger partial charge in [0.1, 0.15) is 11.9 Å². The molecule has 72 valence electrons. The van der Waals surface area contributed by atoms with Crippen LogP contribution in [0.1, 0.15) is 31.1 Å². The van der Waals surface area contributed by atoms with Gasteiger partial charge in [-0.15, -0.1) is 6.58 Å². The number of hydrogen-bond acceptors (Lipinski definition) is 2. The van der Waals surface area contributed by atoms with Crippen LogP contribution in [0.5, 0.6) is 0 Å². The molecular weight excluding hydrogens is 188 g/mol. The van der Waals surface area contributed by atoms with Gasteiger partial charge < -0.3 is 9.52 Å². The van der Waals surface area contributed by atoms with Crippen molar-refractivity contribution in [1.29, 1.82) is 0 Å². The van der Waals surface area contributed by atoms with E-state index in [0.29, 0.717) is 17.4 Å². The van der Waals surface area contributed by atoms with Crippen molar-refractivity contribution < 1.29 is 9.52 Å². The predicted molar refractivity (Wildman–Crippen MR) is 52.7 cm³/mol. The third-order valence-corrected chi connectivity index (χ3v) is 2.01. The molecule has 0 aliphatic carbocycles. The molecule has 13 heavy (non-hydrogen) atoms. The summed E-state index contributed by atoms with van der Waals surface area (Å²) in [6, 6.07) is 3.33. The van der Waals surface area contributed by atoms with Gasteiger partial charge >= 0.3 is 0 Å². The molecule has 1 N–H and O–H groups in total. The van der Waals surface area contributed by atoms with Gasteiger partial charge in [-0.05, 0) is 43.0 Å². The van der Waals surface area contributed by atoms with Crippen LogP contribution in [-0.4, -0.2) is 5.11 Å². The first-order valence-corrected chi connectivity index (χ1v) is 4.66. The number of aliphatic hydroxyl groups excluding tert-OH is 1. The van der Waals surface area contributed by atoms with E-state index in [4.69, 9.17) is 16.0 Å². The van der Waals surface area contributed by atoms with Crippen molar-refractivity contribution >= 4 is 11.6 Å². The summed E-state index contributed by atoms with van der Waals surface area (Å²) in [4.78, 5) is 0. The molecule has 1 rings (SSSR count). The molecule has 1 atom stereocenters. The summed E-state index contributed by atoms with van der Waals surface area (Å²) >= 11 is 5.57. The Bertz CT molecular complexity index is 268. The van der Waals surface area contributed by atoms with Crippen LogP contribution in [0.3, 0.4) is 0 Å². The van der Waals surface area contributed by atoms with Gasteiger partial charge in [0.05, 0.1) is 0 Å². The van der Waals surface area contributed by atoms with Crippen molar-refractivity contribution in [2.24, 2.45) is 0 Å². The second-order valence-electron chi connectivity index (χ2n) is 2.88. The first-order valence-electron chi connectivity index (χ1n) is 4.28. The molecule has 0 saturated carbocycles. The monoisotopic (exact) mass is 200 g/mol. The second kappa shape index (κ2) is 5.10. The SMILES string of the molecule is C=CCCCC(O)c1ccc(Cl)o1. The molecule has 0 saturated heterocycles. The lowest BCUT2D eigenvalue weighted by Crippen LogP contribution is -1.94. The molecule has 0 aliphatic rings. The maximum absolute atomic E-state index is 9.57. The van der Waals surface area contributed by atoms with Crippen LogP contribution in [0.2, 0.25) is 5.22 Å². The number of hydrogen-bond donors (Lipinski definition) is 1. The lowest BCUT2D eigenvalue weighted by atomic mass is 10.1. The molecule has 1 aromatic heterocycles. The highest BCUT2D eigenvalue weighted by Gasteiger charge is 2.10. The van der Waals surface area contributed by atoms with E-state index in [1.807, 2.05) is 6.08 Å². The van der Waals surface area contributed by atoms with Crippen LogP contribution in [-0.2, 0) is 0 Å². The fraction of sp³-hybridized carbons (Fsp3) is 0.400. The first kappa shape index (κ1) is 10.4. The normalized spacial score (nSPS) is 12.8. The average Bonchev–Trinajstić information content (AvgIpc) is 2.52. The lowest BCUT2D eigenvalue weighted by Gasteiger charge is -2.05. The van der Waals surface area contributed by atoms with E-state index in [2.05, 4.69) is 6.58 Å². The zero-order valence-electron chi connectivity index (χ0n) is 7.37. The number of unbranched alkanes of at least 4 members (excludes halogenated alkanes) is 1. The molecule has 0 radical (unpaired) electrons. The highest BCUT2D eigenvalue weighted by molar-refractivity contribution is 6.28. The third-order valence-electron chi connectivity index (χ3n) is 1.81. The van der Waals surface area contributed by atoms with Gasteiger partial charge in [0, 0.05) is 0 Å². The standard InChI is InChI=1S/C10H13ClO2/c1-2-3-4-5-8(12)9-6-7-10(11)13-9/h2,6-8,12H,1,3-5H2. The summed E-state index contributed by atoms with van der Waals surface area (Å²) in [6.45, 7) is 3.61. The highest BCUT2D eigenvalue weighted by Crippen LogP contribution is 2.23. The smallest absolute Gasteiger partial charge is 0.193 e. The fourth-order valence-electron chi connectivity index (χ4n) is 1.11. The highest BCUT2D eigenvalue weighted by atomic mass is 35.5. The van der Waals surface area contributed by atoms with Gasteiger partial charge in [0.15, 0.2) is 5.22 Å². The predicted octanol–water partition coefficient (Wildman–Crippen LogP) is 3.32. The van der Waals surface area contributed by atoms with E-state index < -0.39 is 6.10 Å². The summed E-state index contributed by atoms with van der Waals surface area (Å²) < 4.78 is 5.07. The van der Waals surface area contributed by atoms with Gasteiger partial charge in [-0.2, -0.15) is 0 Å². The number of halogens is 1. The van der Waals surface area contributed by atoms with Crippen LogP contribution < -0.4 is 0 Å². The van der Waals surface area contributed by atoms with E-state index in [1.54, 1.807) is 12.1 Å². The number of aliphatic hydroxyl groups is 1. The Kier molecular flexibility index (Phi) is 4.06. The molecule has 1 aromatic rings. The summed E-state index contributed by atoms with van der Waals surface area (Å²) in [5.41, 5.74) is 0. The molecule has 0 fully saturated rings. The molecular formula is C10H13ClO2. The summed E-state index contributed by atoms with van der Waals surface area (Å²) in [7, 11) is 0. The largest absolute Gasteiger partial charge is 0.447 e. The Hall–Kier alpha value is -0.730. The molecule has 3 heteroatoms. The van der Waals surface area contributed by atoms with Crippen molar-refractivity contribution in [2.75, 3.05) is 0 Å². The molecule has 1 unspecified atom stereocenters. The number of furan rings is 1. The van der Waals surface area contributed by atoms with Crippen LogP contribution in [0.15, 0.2) is 29.2 Å². The zero-order valence-corrected chi connectivity index (χ0v) is 8.13. The van der Waals surface area contributed by atoms with Crippen molar-refractivity contribution in [2.45, 2.75) is 25.4 Å². The van der Waals surface area contributed by atoms with Crippen LogP contribution in [0.25, 0.3) is 0 Å². The van der Waals surface area contributed by atoms with Crippen molar-refractivity contribution in [3.8, 4) is 0 Å². The molecule has 0 bridgehead atoms. The van der Waals surface area contributed by atoms with Crippen LogP contribution >= 0.6 is 11.6 Å². The maximum atomic E-state index is 9.57. The lowest BCUT2D eigenvalue weighted by molar-refractivity contribution is 0.138. The molecule has 1 heterocycles. The maximum Gasteiger partial charge on any atom is 0.193 e. The molecule has 0 aliphatic heterocycles. The minimum absolute atomic E-state index is 0.317. The third kappa shape index (κ3) is 3.25. The first-order chi connectivity index (χ1) is 6.24. The van der Waals surface area contributed by atoms with E-state index in [-0.39, 0.29) is 0 Å². The zero-order chi connectivity index (χ0) is 9.68. The van der Waals surface area contributed by atoms with Crippen molar-refractivity contribution in [3.05, 3.63) is 35.8 Å². The van der Waals surface area contributed by atoms with Gasteiger partial charge in [-0.25, -0.2) is 0 Å². The Morgan fingerprint density at radius 2 is 2.38 bits per heavy atom. The topological polar surface area (TPSA) is 33.4 Å². The summed E-state index contributed by atoms with van der Waals surface area (Å²) in [6.07, 6.45) is 3.78. The fourth-order valence-corrected chi connectivity index (χ4v) is 1.26. The number of rotatable bonds is 5. The quantitative estimate of drug-likeness (QED) is 0.584. The molecule has 0 aromatic carbocycles. The Morgan fingerprint density at radius 3 is 2.92 bits per heavy atom. The summed E-state index contributed by atoms with van der Waals surface area (Å²) in [5, 5.41) is 9.89. The Labute approximate surface area is 82.8 Å². The molecule has 2 nitrogen and oxygen atoms in total. The van der Waals surface area contributed by atoms with Crippen LogP contribution in [0, 0.1) is 0 Å². The van der Waals surface area contributed by atoms with E-state index in [1.165, 1.54) is 0 Å². The Morgan fingerprint density at radius 1 is 1.62 bits per heavy atom. The van der Waals surface area contributed by atoms with E-state index >= 15 is 0 Å². The molecule has 0 spiro atoms. The number of allylic oxidation sites excluding steroid dienone is 1. The average molecular weight is 201 g/mol. The van der Waals surface area contributed by atoms with Crippen LogP contribution in [0.4, 0.5) is 0 Å². The minimum Gasteiger partial charge on any atom is -0.447 e. The van der Waals surface area contributed by atoms with E-state index in [9.17, 15) is 5.11 Å². The Balaban J connectivity index is 2.39. The minimum atomic E-state index is -0.549. The van der Waals surface area contributed by atoms with Crippen molar-refractivity contribution in [3.63, 3.8) is 0 Å². The summed E-state index contributed by atoms with van der Waals surface area (Å²) in [5.74, 6) is 0.536. The molecule has 0 amide bonds.